The Bertz CT molecular complexity index is 3110. The van der Waals surface area contributed by atoms with Crippen molar-refractivity contribution in [2.75, 3.05) is 113 Å². The fourth-order valence-corrected chi connectivity index (χ4v) is 15.2. The summed E-state index contributed by atoms with van der Waals surface area (Å²) in [5, 5.41) is 17.4. The van der Waals surface area contributed by atoms with Gasteiger partial charge in [-0.15, -0.1) is 0 Å². The predicted molar refractivity (Wildman–Crippen MR) is 457 cm³/mol. The van der Waals surface area contributed by atoms with Crippen LogP contribution >= 0.6 is 7.82 Å². The van der Waals surface area contributed by atoms with Crippen molar-refractivity contribution in [3.63, 3.8) is 0 Å². The molecule has 3 aliphatic rings. The number of carbonyl (C=O) groups is 13. The highest BCUT2D eigenvalue weighted by Crippen LogP contribution is 2.42. The first-order chi connectivity index (χ1) is 59.1. The van der Waals surface area contributed by atoms with Gasteiger partial charge in [-0.1, -0.05) is 74.1 Å². The van der Waals surface area contributed by atoms with Gasteiger partial charge >= 0.3 is 25.7 Å². The van der Waals surface area contributed by atoms with E-state index >= 15 is 0 Å². The Morgan fingerprint density at radius 3 is 1.07 bits per heavy atom. The maximum atomic E-state index is 14.0. The Morgan fingerprint density at radius 1 is 0.339 bits per heavy atom. The van der Waals surface area contributed by atoms with E-state index in [1.807, 2.05) is 27.7 Å². The molecule has 3 rings (SSSR count). The van der Waals surface area contributed by atoms with Crippen LogP contribution in [0.3, 0.4) is 0 Å². The smallest absolute Gasteiger partial charge is 0.463 e. The molecule has 0 radical (unpaired) electrons. The summed E-state index contributed by atoms with van der Waals surface area (Å²) in [4.78, 5) is 174. The normalized spacial score (nSPS) is 23.5. The van der Waals surface area contributed by atoms with Crippen LogP contribution in [-0.2, 0) is 133 Å². The molecule has 0 saturated carbocycles. The molecule has 3 aliphatic heterocycles. The lowest BCUT2D eigenvalue weighted by Crippen LogP contribution is -2.58. The fourth-order valence-electron chi connectivity index (χ4n) is 14.8. The summed E-state index contributed by atoms with van der Waals surface area (Å²) in [6, 6.07) is -0.855. The van der Waals surface area contributed by atoms with Crippen LogP contribution in [0.25, 0.3) is 0 Å². The minimum atomic E-state index is -4.06. The van der Waals surface area contributed by atoms with Crippen LogP contribution in [0.5, 0.6) is 0 Å². The fraction of sp³-hybridized carbons (Fsp3) is 0.852. The Labute approximate surface area is 735 Å². The lowest BCUT2D eigenvalue weighted by molar-refractivity contribution is -0.255. The highest BCUT2D eigenvalue weighted by Gasteiger charge is 2.46. The number of unbranched alkanes of at least 4 members (excludes halogenated alkanes) is 10. The molecule has 7 N–H and O–H groups in total. The first kappa shape index (κ1) is 112. The number of amides is 6. The minimum Gasteiger partial charge on any atom is -0.463 e. The van der Waals surface area contributed by atoms with Gasteiger partial charge in [0.05, 0.1) is 76.6 Å². The van der Waals surface area contributed by atoms with E-state index in [0.29, 0.717) is 148 Å². The largest absolute Gasteiger partial charge is 0.471 e. The summed E-state index contributed by atoms with van der Waals surface area (Å²) in [7, 11) is -2.98. The van der Waals surface area contributed by atoms with Gasteiger partial charge in [0.25, 0.3) is 0 Å². The number of phosphoric acid groups is 1. The third-order valence-electron chi connectivity index (χ3n) is 23.2. The molecular weight excluding hydrogens is 1640 g/mol. The van der Waals surface area contributed by atoms with E-state index in [9.17, 15) is 71.8 Å². The average molecular weight is 1790 g/mol. The minimum absolute atomic E-state index is 0.0220. The van der Waals surface area contributed by atoms with Crippen molar-refractivity contribution in [2.24, 2.45) is 41.4 Å². The summed E-state index contributed by atoms with van der Waals surface area (Å²) in [6.07, 6.45) is 9.20. The van der Waals surface area contributed by atoms with Gasteiger partial charge in [-0.2, -0.15) is 0 Å². The Balaban J connectivity index is 1.60. The molecule has 17 atom stereocenters. The molecule has 3 heterocycles. The maximum Gasteiger partial charge on any atom is 0.471 e. The number of nitrogens with one attached hydrogen (secondary N) is 6. The number of ether oxygens (including phenoxy) is 12. The zero-order valence-electron chi connectivity index (χ0n) is 76.5. The van der Waals surface area contributed by atoms with E-state index in [0.717, 1.165) is 7.11 Å². The maximum absolute atomic E-state index is 14.0. The van der Waals surface area contributed by atoms with Crippen LogP contribution in [-0.4, -0.2) is 249 Å². The standard InChI is InChI=1S/C88H153N6O29P/c1-60-61(2)76(54-117-69(10)97)121-85(66(60)7)114-47-27-22-36-72(100)32-18-16-20-34-74(102)41-51-111-57-88(94-82(107)40-30-39-80(105)89-44-25-14-15-26-50-120-124(108,109)110-13,58-112-52-42-75(103)35-21-17-19-33-73(101)37-23-28-48-115-86-83(92-67(8)95)64(5)62(3)77(122-86)55-118-70(11)98)59-113-53-43-81(106)91-46-31-45-90-79(104)38-24-29-49-116-87-84(93-68(9)96)65(6)63(4)78(123-87)56-119-71(12)99/h60-66,76-78,83-87H,14-59H2,1-13H3,(H,89,105)(H,90,104)(H,91,106)(H,92,95)(H,93,96)(H,94,107)(H,108,109)/t60-,61+,62+,63?,64-,65-,66?,76?,77?,78?,83?,84?,85+,86+,87+,88?/m0/s1. The molecule has 0 aliphatic carbocycles. The van der Waals surface area contributed by atoms with Gasteiger partial charge in [0, 0.05) is 164 Å². The third kappa shape index (κ3) is 49.8. The van der Waals surface area contributed by atoms with Crippen molar-refractivity contribution in [1.29, 1.82) is 0 Å². The van der Waals surface area contributed by atoms with Crippen molar-refractivity contribution in [3.05, 3.63) is 0 Å². The Hall–Kier alpha value is -6.34. The zero-order valence-corrected chi connectivity index (χ0v) is 77.4. The van der Waals surface area contributed by atoms with Crippen LogP contribution in [0.1, 0.15) is 276 Å². The van der Waals surface area contributed by atoms with Gasteiger partial charge < -0.3 is 93.6 Å². The first-order valence-corrected chi connectivity index (χ1v) is 46.7. The number of esters is 3. The van der Waals surface area contributed by atoms with E-state index in [2.05, 4.69) is 57.2 Å². The number of hydrogen-bond donors (Lipinski definition) is 7. The van der Waals surface area contributed by atoms with Gasteiger partial charge in [-0.3, -0.25) is 71.4 Å². The van der Waals surface area contributed by atoms with Crippen molar-refractivity contribution in [2.45, 2.75) is 331 Å². The molecule has 0 bridgehead atoms. The van der Waals surface area contributed by atoms with Crippen LogP contribution < -0.4 is 31.9 Å². The van der Waals surface area contributed by atoms with Crippen molar-refractivity contribution in [1.82, 2.24) is 31.9 Å². The van der Waals surface area contributed by atoms with E-state index in [1.54, 1.807) is 0 Å². The molecule has 0 aromatic rings. The summed E-state index contributed by atoms with van der Waals surface area (Å²) >= 11 is 0. The highest BCUT2D eigenvalue weighted by molar-refractivity contribution is 7.47. The topological polar surface area (TPSA) is 461 Å². The molecule has 0 aromatic carbocycles. The summed E-state index contributed by atoms with van der Waals surface area (Å²) in [5.41, 5.74) is -1.43. The summed E-state index contributed by atoms with van der Waals surface area (Å²) < 4.78 is 91.9. The first-order valence-electron chi connectivity index (χ1n) is 45.3. The number of Topliss-reactive ketones (excluding diaryl/α,β-unsaturated/α-hetero) is 4. The Kier molecular flexibility index (Phi) is 58.1. The monoisotopic (exact) mass is 1790 g/mol. The molecule has 36 heteroatoms. The molecule has 3 fully saturated rings. The molecule has 9 unspecified atom stereocenters. The number of hydrogen-bond acceptors (Lipinski definition) is 28. The van der Waals surface area contributed by atoms with Crippen molar-refractivity contribution >= 4 is 84.3 Å². The number of rotatable bonds is 71. The van der Waals surface area contributed by atoms with Gasteiger partial charge in [-0.25, -0.2) is 4.57 Å². The van der Waals surface area contributed by atoms with Gasteiger partial charge in [-0.05, 0) is 125 Å². The van der Waals surface area contributed by atoms with Crippen LogP contribution in [0, 0.1) is 41.4 Å². The van der Waals surface area contributed by atoms with E-state index < -0.39 is 74.4 Å². The average Bonchev–Trinajstić information content (AvgIpc) is 0.822. The molecule has 714 valence electrons. The van der Waals surface area contributed by atoms with Crippen LogP contribution in [0.2, 0.25) is 0 Å². The number of carbonyl (C=O) groups excluding carboxylic acids is 13. The highest BCUT2D eigenvalue weighted by atomic mass is 31.2. The third-order valence-corrected chi connectivity index (χ3v) is 24.1. The van der Waals surface area contributed by atoms with Crippen LogP contribution in [0.4, 0.5) is 0 Å². The molecule has 6 amide bonds. The van der Waals surface area contributed by atoms with Gasteiger partial charge in [0.2, 0.25) is 35.4 Å². The predicted octanol–water partition coefficient (Wildman–Crippen LogP) is 9.36. The summed E-state index contributed by atoms with van der Waals surface area (Å²) in [6.45, 7) is 22.3. The number of ketones is 4. The second kappa shape index (κ2) is 64.4. The van der Waals surface area contributed by atoms with E-state index in [1.165, 1.54) is 34.6 Å². The summed E-state index contributed by atoms with van der Waals surface area (Å²) in [5.74, 6) is -2.48. The molecule has 3 saturated heterocycles. The van der Waals surface area contributed by atoms with E-state index in [4.69, 9.17) is 61.4 Å². The SMILES string of the molecule is COP(=O)(O)OCCCCCCNC(=O)CCCC(=O)NC(COCCC(=O)CCCCCC(=O)CCCCO[C@@H]1OC(COC(C)=O)[C@H](C)[C@H](C)C1C)(COCCC(=O)CCCCCC(=O)CCCCO[C@@H]1OC(COC(C)=O)[C@H](C)[C@H](C)C1NC(C)=O)COCCC(=O)NCCCNC(=O)CCCCO[C@@H]1OC(COC(C)=O)C(C)[C@H](C)C1NC(C)=O. The molecule has 0 spiro atoms. The second-order valence-electron chi connectivity index (χ2n) is 33.7. The lowest BCUT2D eigenvalue weighted by atomic mass is 9.79. The van der Waals surface area contributed by atoms with Crippen molar-refractivity contribution < 1.29 is 138 Å². The van der Waals surface area contributed by atoms with Gasteiger partial charge in [0.15, 0.2) is 18.9 Å². The Morgan fingerprint density at radius 2 is 0.661 bits per heavy atom. The molecular formula is C88H153N6O29P. The number of phosphoric ester groups is 1. The zero-order chi connectivity index (χ0) is 91.8. The molecule has 0 aromatic heterocycles. The second-order valence-corrected chi connectivity index (χ2v) is 35.2. The molecule has 35 nitrogen and oxygen atoms in total. The van der Waals surface area contributed by atoms with Crippen molar-refractivity contribution in [3.8, 4) is 0 Å². The van der Waals surface area contributed by atoms with Gasteiger partial charge in [0.1, 0.15) is 48.5 Å². The van der Waals surface area contributed by atoms with Crippen LogP contribution in [0.15, 0.2) is 0 Å². The van der Waals surface area contributed by atoms with E-state index in [-0.39, 0.29) is 256 Å². The quantitative estimate of drug-likeness (QED) is 0.0129. The lowest BCUT2D eigenvalue weighted by Gasteiger charge is -2.44. The molecule has 124 heavy (non-hydrogen) atoms.